The van der Waals surface area contributed by atoms with E-state index in [2.05, 4.69) is 68.1 Å². The fourth-order valence-electron chi connectivity index (χ4n) is 2.69. The first kappa shape index (κ1) is 16.4. The number of aromatic nitrogens is 1. The summed E-state index contributed by atoms with van der Waals surface area (Å²) < 4.78 is 0. The summed E-state index contributed by atoms with van der Waals surface area (Å²) in [7, 11) is 2.20. The molecule has 118 valence electrons. The van der Waals surface area contributed by atoms with Crippen LogP contribution >= 0.6 is 0 Å². The number of nitrogens with zero attached hydrogens (tertiary/aromatic N) is 3. The Morgan fingerprint density at radius 2 is 1.95 bits per heavy atom. The van der Waals surface area contributed by atoms with E-state index in [4.69, 9.17) is 4.98 Å². The standard InChI is InChI=1S/C17H30N4/c1-14-12-20(5)9-10-21(14)13-16-8-6-7-15(19-16)11-18-17(2,3)4/h6-8,14,18H,9-13H2,1-5H3. The van der Waals surface area contributed by atoms with Crippen molar-refractivity contribution in [1.29, 1.82) is 0 Å². The van der Waals surface area contributed by atoms with E-state index in [1.807, 2.05) is 0 Å². The van der Waals surface area contributed by atoms with Gasteiger partial charge in [0.25, 0.3) is 0 Å². The zero-order valence-electron chi connectivity index (χ0n) is 14.2. The minimum atomic E-state index is 0.129. The second-order valence-corrected chi connectivity index (χ2v) is 7.31. The SMILES string of the molecule is CC1CN(C)CCN1Cc1cccc(CNC(C)(C)C)n1. The molecular formula is C17H30N4. The first-order valence-electron chi connectivity index (χ1n) is 7.96. The van der Waals surface area contributed by atoms with Crippen LogP contribution in [0.25, 0.3) is 0 Å². The fraction of sp³-hybridized carbons (Fsp3) is 0.706. The lowest BCUT2D eigenvalue weighted by Gasteiger charge is -2.38. The van der Waals surface area contributed by atoms with Crippen LogP contribution in [0.4, 0.5) is 0 Å². The van der Waals surface area contributed by atoms with E-state index in [0.717, 1.165) is 38.4 Å². The van der Waals surface area contributed by atoms with Crippen LogP contribution < -0.4 is 5.32 Å². The number of nitrogens with one attached hydrogen (secondary N) is 1. The van der Waals surface area contributed by atoms with Crippen molar-refractivity contribution in [3.05, 3.63) is 29.6 Å². The second-order valence-electron chi connectivity index (χ2n) is 7.31. The topological polar surface area (TPSA) is 31.4 Å². The zero-order valence-corrected chi connectivity index (χ0v) is 14.2. The molecule has 0 saturated carbocycles. The van der Waals surface area contributed by atoms with Gasteiger partial charge in [-0.05, 0) is 46.9 Å². The predicted molar refractivity (Wildman–Crippen MR) is 88.2 cm³/mol. The monoisotopic (exact) mass is 290 g/mol. The Labute approximate surface area is 129 Å². The van der Waals surface area contributed by atoms with E-state index in [9.17, 15) is 0 Å². The Kier molecular flexibility index (Phi) is 5.36. The maximum absolute atomic E-state index is 4.81. The molecule has 0 aliphatic carbocycles. The van der Waals surface area contributed by atoms with E-state index in [0.29, 0.717) is 6.04 Å². The molecule has 1 fully saturated rings. The molecule has 2 rings (SSSR count). The lowest BCUT2D eigenvalue weighted by molar-refractivity contribution is 0.0926. The van der Waals surface area contributed by atoms with Gasteiger partial charge < -0.3 is 10.2 Å². The molecule has 4 heteroatoms. The molecule has 1 aliphatic rings. The summed E-state index contributed by atoms with van der Waals surface area (Å²) in [5, 5.41) is 3.50. The summed E-state index contributed by atoms with van der Waals surface area (Å²) in [5.41, 5.74) is 2.44. The third-order valence-electron chi connectivity index (χ3n) is 4.00. The lowest BCUT2D eigenvalue weighted by atomic mass is 10.1. The van der Waals surface area contributed by atoms with E-state index >= 15 is 0 Å². The van der Waals surface area contributed by atoms with Gasteiger partial charge in [0.05, 0.1) is 11.4 Å². The zero-order chi connectivity index (χ0) is 15.5. The van der Waals surface area contributed by atoms with Crippen LogP contribution in [0, 0.1) is 0 Å². The summed E-state index contributed by atoms with van der Waals surface area (Å²) in [6, 6.07) is 6.98. The molecule has 0 radical (unpaired) electrons. The molecule has 21 heavy (non-hydrogen) atoms. The molecule has 2 heterocycles. The highest BCUT2D eigenvalue weighted by atomic mass is 15.3. The molecule has 0 aromatic carbocycles. The second kappa shape index (κ2) is 6.86. The highest BCUT2D eigenvalue weighted by molar-refractivity contribution is 5.11. The minimum absolute atomic E-state index is 0.129. The van der Waals surface area contributed by atoms with Crippen molar-refractivity contribution < 1.29 is 0 Å². The average Bonchev–Trinajstić information content (AvgIpc) is 2.39. The van der Waals surface area contributed by atoms with Crippen LogP contribution in [-0.4, -0.2) is 53.0 Å². The van der Waals surface area contributed by atoms with Crippen molar-refractivity contribution >= 4 is 0 Å². The molecule has 0 bridgehead atoms. The molecule has 1 aromatic heterocycles. The molecule has 1 aliphatic heterocycles. The van der Waals surface area contributed by atoms with E-state index in [1.165, 1.54) is 5.69 Å². The summed E-state index contributed by atoms with van der Waals surface area (Å²) in [4.78, 5) is 9.74. The van der Waals surface area contributed by atoms with Crippen molar-refractivity contribution in [3.63, 3.8) is 0 Å². The molecule has 1 atom stereocenters. The number of likely N-dealkylation sites (N-methyl/N-ethyl adjacent to an activating group) is 1. The summed E-state index contributed by atoms with van der Waals surface area (Å²) in [5.74, 6) is 0. The van der Waals surface area contributed by atoms with Gasteiger partial charge in [-0.15, -0.1) is 0 Å². The van der Waals surface area contributed by atoms with Gasteiger partial charge in [0.1, 0.15) is 0 Å². The molecule has 1 saturated heterocycles. The number of piperazine rings is 1. The quantitative estimate of drug-likeness (QED) is 0.920. The third kappa shape index (κ3) is 5.38. The van der Waals surface area contributed by atoms with Crippen LogP contribution in [0.1, 0.15) is 39.1 Å². The van der Waals surface area contributed by atoms with Gasteiger partial charge in [-0.3, -0.25) is 9.88 Å². The normalized spacial score (nSPS) is 21.7. The Morgan fingerprint density at radius 1 is 1.24 bits per heavy atom. The smallest absolute Gasteiger partial charge is 0.0548 e. The molecule has 0 amide bonds. The first-order chi connectivity index (χ1) is 9.83. The van der Waals surface area contributed by atoms with Gasteiger partial charge in [-0.1, -0.05) is 6.07 Å². The maximum atomic E-state index is 4.81. The van der Waals surface area contributed by atoms with Gasteiger partial charge in [-0.25, -0.2) is 0 Å². The number of pyridine rings is 1. The Balaban J connectivity index is 1.94. The number of rotatable bonds is 4. The van der Waals surface area contributed by atoms with Gasteiger partial charge in [0.2, 0.25) is 0 Å². The van der Waals surface area contributed by atoms with Crippen LogP contribution in [0.15, 0.2) is 18.2 Å². The Bertz CT molecular complexity index is 452. The number of hydrogen-bond donors (Lipinski definition) is 1. The Morgan fingerprint density at radius 3 is 2.62 bits per heavy atom. The fourth-order valence-corrected chi connectivity index (χ4v) is 2.69. The van der Waals surface area contributed by atoms with Gasteiger partial charge in [0, 0.05) is 44.3 Å². The van der Waals surface area contributed by atoms with Crippen LogP contribution in [0.2, 0.25) is 0 Å². The van der Waals surface area contributed by atoms with Crippen LogP contribution in [0.5, 0.6) is 0 Å². The van der Waals surface area contributed by atoms with Crippen molar-refractivity contribution in [3.8, 4) is 0 Å². The largest absolute Gasteiger partial charge is 0.306 e. The highest BCUT2D eigenvalue weighted by Crippen LogP contribution is 2.12. The summed E-state index contributed by atoms with van der Waals surface area (Å²) >= 11 is 0. The predicted octanol–water partition coefficient (Wildman–Crippen LogP) is 2.11. The van der Waals surface area contributed by atoms with Gasteiger partial charge in [0.15, 0.2) is 0 Å². The Hall–Kier alpha value is -0.970. The van der Waals surface area contributed by atoms with Crippen molar-refractivity contribution in [2.75, 3.05) is 26.7 Å². The molecular weight excluding hydrogens is 260 g/mol. The van der Waals surface area contributed by atoms with Gasteiger partial charge in [-0.2, -0.15) is 0 Å². The van der Waals surface area contributed by atoms with Crippen molar-refractivity contribution in [1.82, 2.24) is 20.1 Å². The van der Waals surface area contributed by atoms with E-state index in [-0.39, 0.29) is 5.54 Å². The maximum Gasteiger partial charge on any atom is 0.0548 e. The number of hydrogen-bond acceptors (Lipinski definition) is 4. The molecule has 1 aromatic rings. The summed E-state index contributed by atoms with van der Waals surface area (Å²) in [6.07, 6.45) is 0. The molecule has 1 N–H and O–H groups in total. The molecule has 4 nitrogen and oxygen atoms in total. The molecule has 0 spiro atoms. The van der Waals surface area contributed by atoms with Crippen LogP contribution in [-0.2, 0) is 13.1 Å². The minimum Gasteiger partial charge on any atom is -0.306 e. The average molecular weight is 290 g/mol. The summed E-state index contributed by atoms with van der Waals surface area (Å²) in [6.45, 7) is 14.1. The first-order valence-corrected chi connectivity index (χ1v) is 7.96. The molecule has 1 unspecified atom stereocenters. The van der Waals surface area contributed by atoms with Crippen molar-refractivity contribution in [2.45, 2.75) is 52.4 Å². The van der Waals surface area contributed by atoms with Crippen molar-refractivity contribution in [2.24, 2.45) is 0 Å². The third-order valence-corrected chi connectivity index (χ3v) is 4.00. The van der Waals surface area contributed by atoms with Gasteiger partial charge >= 0.3 is 0 Å². The van der Waals surface area contributed by atoms with E-state index < -0.39 is 0 Å². The highest BCUT2D eigenvalue weighted by Gasteiger charge is 2.21. The lowest BCUT2D eigenvalue weighted by Crippen LogP contribution is -2.49. The van der Waals surface area contributed by atoms with E-state index in [1.54, 1.807) is 0 Å². The van der Waals surface area contributed by atoms with Crippen LogP contribution in [0.3, 0.4) is 0 Å².